The maximum absolute atomic E-state index is 13.3. The van der Waals surface area contributed by atoms with Gasteiger partial charge in [-0.3, -0.25) is 4.99 Å². The highest BCUT2D eigenvalue weighted by Crippen LogP contribution is 2.19. The molecular formula is C16H20FN3OS. The largest absolute Gasteiger partial charge is 0.505 e. The quantitative estimate of drug-likeness (QED) is 0.586. The lowest BCUT2D eigenvalue weighted by molar-refractivity contribution is 0.431. The molecule has 0 bridgehead atoms. The molecule has 0 saturated carbocycles. The van der Waals surface area contributed by atoms with Crippen molar-refractivity contribution in [3.8, 4) is 5.75 Å². The van der Waals surface area contributed by atoms with Crippen molar-refractivity contribution in [1.82, 2.24) is 10.6 Å². The number of benzene rings is 1. The van der Waals surface area contributed by atoms with E-state index in [1.165, 1.54) is 17.0 Å². The molecule has 4 nitrogen and oxygen atoms in total. The predicted octanol–water partition coefficient (Wildman–Crippen LogP) is 3.06. The van der Waals surface area contributed by atoms with Gasteiger partial charge in [-0.15, -0.1) is 11.3 Å². The molecule has 0 fully saturated rings. The number of nitrogens with zero attached hydrogens (tertiary/aromatic N) is 1. The molecule has 1 aromatic heterocycles. The monoisotopic (exact) mass is 321 g/mol. The van der Waals surface area contributed by atoms with Gasteiger partial charge in [0, 0.05) is 30.9 Å². The summed E-state index contributed by atoms with van der Waals surface area (Å²) in [6.07, 6.45) is 0. The molecule has 0 radical (unpaired) electrons. The Bertz CT molecular complexity index is 628. The fraction of sp³-hybridized carbons (Fsp3) is 0.312. The average molecular weight is 321 g/mol. The van der Waals surface area contributed by atoms with Gasteiger partial charge in [-0.2, -0.15) is 0 Å². The van der Waals surface area contributed by atoms with E-state index in [0.29, 0.717) is 18.4 Å². The van der Waals surface area contributed by atoms with Crippen molar-refractivity contribution in [2.45, 2.75) is 19.4 Å². The second-order valence-electron chi connectivity index (χ2n) is 5.01. The van der Waals surface area contributed by atoms with Crippen LogP contribution in [0.3, 0.4) is 0 Å². The van der Waals surface area contributed by atoms with Gasteiger partial charge in [-0.25, -0.2) is 4.39 Å². The molecule has 118 valence electrons. The van der Waals surface area contributed by atoms with Crippen LogP contribution in [0.15, 0.2) is 40.7 Å². The molecule has 0 aliphatic heterocycles. The number of aromatic hydroxyl groups is 1. The summed E-state index contributed by atoms with van der Waals surface area (Å²) in [5.74, 6) is 0.103. The van der Waals surface area contributed by atoms with Gasteiger partial charge in [0.15, 0.2) is 17.5 Å². The Morgan fingerprint density at radius 3 is 2.82 bits per heavy atom. The molecule has 0 saturated heterocycles. The Morgan fingerprint density at radius 2 is 2.18 bits per heavy atom. The van der Waals surface area contributed by atoms with Gasteiger partial charge in [-0.05, 0) is 29.1 Å². The van der Waals surface area contributed by atoms with Crippen molar-refractivity contribution in [2.75, 3.05) is 13.6 Å². The molecule has 1 aromatic carbocycles. The molecular weight excluding hydrogens is 301 g/mol. The number of aliphatic imine (C=N–C) groups is 1. The van der Waals surface area contributed by atoms with E-state index < -0.39 is 5.82 Å². The lowest BCUT2D eigenvalue weighted by Crippen LogP contribution is -2.38. The zero-order valence-corrected chi connectivity index (χ0v) is 13.5. The molecule has 3 N–H and O–H groups in total. The molecule has 0 aliphatic carbocycles. The van der Waals surface area contributed by atoms with Crippen molar-refractivity contribution < 1.29 is 9.50 Å². The van der Waals surface area contributed by atoms with Crippen molar-refractivity contribution in [1.29, 1.82) is 0 Å². The molecule has 22 heavy (non-hydrogen) atoms. The first-order valence-corrected chi connectivity index (χ1v) is 7.93. The van der Waals surface area contributed by atoms with E-state index in [-0.39, 0.29) is 5.75 Å². The average Bonchev–Trinajstić information content (AvgIpc) is 3.05. The van der Waals surface area contributed by atoms with Crippen LogP contribution in [-0.2, 0) is 6.54 Å². The number of nitrogens with one attached hydrogen (secondary N) is 2. The topological polar surface area (TPSA) is 56.7 Å². The fourth-order valence-corrected chi connectivity index (χ4v) is 2.78. The van der Waals surface area contributed by atoms with E-state index in [9.17, 15) is 9.50 Å². The Balaban J connectivity index is 1.83. The first kappa shape index (κ1) is 16.3. The Morgan fingerprint density at radius 1 is 1.36 bits per heavy atom. The summed E-state index contributed by atoms with van der Waals surface area (Å²) in [6, 6.07) is 8.49. The van der Waals surface area contributed by atoms with Crippen LogP contribution in [0.2, 0.25) is 0 Å². The summed E-state index contributed by atoms with van der Waals surface area (Å²) >= 11 is 1.74. The minimum Gasteiger partial charge on any atom is -0.505 e. The van der Waals surface area contributed by atoms with Gasteiger partial charge < -0.3 is 15.7 Å². The zero-order valence-electron chi connectivity index (χ0n) is 12.6. The number of rotatable bonds is 5. The normalized spacial score (nSPS) is 13.0. The standard InChI is InChI=1S/C16H20FN3OS/c1-11(15-4-3-7-22-15)9-19-16(18-2)20-10-12-5-6-14(21)13(17)8-12/h3-8,11,21H,9-10H2,1-2H3,(H2,18,19,20). The third-order valence-corrected chi connectivity index (χ3v) is 4.40. The van der Waals surface area contributed by atoms with Gasteiger partial charge in [0.25, 0.3) is 0 Å². The molecule has 0 aliphatic rings. The van der Waals surface area contributed by atoms with Gasteiger partial charge in [0.2, 0.25) is 0 Å². The van der Waals surface area contributed by atoms with E-state index in [4.69, 9.17) is 0 Å². The first-order valence-electron chi connectivity index (χ1n) is 7.05. The molecule has 2 aromatic rings. The van der Waals surface area contributed by atoms with Crippen LogP contribution in [0.25, 0.3) is 0 Å². The number of guanidine groups is 1. The summed E-state index contributed by atoms with van der Waals surface area (Å²) in [4.78, 5) is 5.47. The van der Waals surface area contributed by atoms with E-state index in [1.54, 1.807) is 24.5 Å². The summed E-state index contributed by atoms with van der Waals surface area (Å²) < 4.78 is 13.3. The molecule has 0 spiro atoms. The Hall–Kier alpha value is -2.08. The lowest BCUT2D eigenvalue weighted by atomic mass is 10.1. The van der Waals surface area contributed by atoms with Gasteiger partial charge in [-0.1, -0.05) is 19.1 Å². The number of phenols is 1. The second-order valence-corrected chi connectivity index (χ2v) is 5.99. The number of halogens is 1. The smallest absolute Gasteiger partial charge is 0.191 e. The highest BCUT2D eigenvalue weighted by Gasteiger charge is 2.08. The van der Waals surface area contributed by atoms with Crippen molar-refractivity contribution in [3.05, 3.63) is 52.0 Å². The van der Waals surface area contributed by atoms with Crippen molar-refractivity contribution >= 4 is 17.3 Å². The summed E-state index contributed by atoms with van der Waals surface area (Å²) in [5, 5.41) is 17.6. The van der Waals surface area contributed by atoms with Crippen LogP contribution in [-0.4, -0.2) is 24.7 Å². The maximum atomic E-state index is 13.3. The Kier molecular flexibility index (Phi) is 5.77. The number of hydrogen-bond donors (Lipinski definition) is 3. The third kappa shape index (κ3) is 4.46. The van der Waals surface area contributed by atoms with Crippen LogP contribution in [0.5, 0.6) is 5.75 Å². The SMILES string of the molecule is CN=C(NCc1ccc(O)c(F)c1)NCC(C)c1cccs1. The lowest BCUT2D eigenvalue weighted by Gasteiger charge is -2.15. The molecule has 6 heteroatoms. The molecule has 1 heterocycles. The van der Waals surface area contributed by atoms with E-state index in [1.807, 2.05) is 6.07 Å². The fourth-order valence-electron chi connectivity index (χ4n) is 1.99. The van der Waals surface area contributed by atoms with Crippen molar-refractivity contribution in [3.63, 3.8) is 0 Å². The van der Waals surface area contributed by atoms with Gasteiger partial charge in [0.05, 0.1) is 0 Å². The highest BCUT2D eigenvalue weighted by atomic mass is 32.1. The first-order chi connectivity index (χ1) is 10.6. The summed E-state index contributed by atoms with van der Waals surface area (Å²) in [6.45, 7) is 3.36. The predicted molar refractivity (Wildman–Crippen MR) is 89.0 cm³/mol. The summed E-state index contributed by atoms with van der Waals surface area (Å²) in [5.41, 5.74) is 0.740. The molecule has 0 amide bonds. The van der Waals surface area contributed by atoms with Crippen molar-refractivity contribution in [2.24, 2.45) is 4.99 Å². The molecule has 1 unspecified atom stereocenters. The van der Waals surface area contributed by atoms with Crippen LogP contribution < -0.4 is 10.6 Å². The number of phenolic OH excluding ortho intramolecular Hbond substituents is 1. The van der Waals surface area contributed by atoms with Gasteiger partial charge >= 0.3 is 0 Å². The van der Waals surface area contributed by atoms with Gasteiger partial charge in [0.1, 0.15) is 0 Å². The molecule has 1 atom stereocenters. The highest BCUT2D eigenvalue weighted by molar-refractivity contribution is 7.10. The molecule has 2 rings (SSSR count). The zero-order chi connectivity index (χ0) is 15.9. The maximum Gasteiger partial charge on any atom is 0.191 e. The van der Waals surface area contributed by atoms with Crippen LogP contribution in [0, 0.1) is 5.82 Å². The Labute approximate surface area is 133 Å². The minimum atomic E-state index is -0.617. The van der Waals surface area contributed by atoms with E-state index in [2.05, 4.69) is 34.0 Å². The number of hydrogen-bond acceptors (Lipinski definition) is 3. The van der Waals surface area contributed by atoms with Crippen LogP contribution >= 0.6 is 11.3 Å². The minimum absolute atomic E-state index is 0.337. The van der Waals surface area contributed by atoms with E-state index in [0.717, 1.165) is 12.1 Å². The summed E-state index contributed by atoms with van der Waals surface area (Å²) in [7, 11) is 1.70. The third-order valence-electron chi connectivity index (χ3n) is 3.30. The second kappa shape index (κ2) is 7.79. The van der Waals surface area contributed by atoms with Crippen LogP contribution in [0.1, 0.15) is 23.3 Å². The van der Waals surface area contributed by atoms with Crippen LogP contribution in [0.4, 0.5) is 4.39 Å². The number of thiophene rings is 1. The van der Waals surface area contributed by atoms with E-state index >= 15 is 0 Å².